The average Bonchev–Trinajstić information content (AvgIpc) is 3.20. The SMILES string of the molecule is CCCC(C(=O)NC=O)N1Cc2c(NC(=O)CCCNCCN=C/C(CNC)=N\N)cccc2C1=O. The van der Waals surface area contributed by atoms with Gasteiger partial charge in [-0.05, 0) is 38.6 Å². The first-order valence-corrected chi connectivity index (χ1v) is 12.0. The van der Waals surface area contributed by atoms with Crippen LogP contribution in [0.5, 0.6) is 0 Å². The smallest absolute Gasteiger partial charge is 0.255 e. The maximum atomic E-state index is 13.0. The number of hydrazone groups is 1. The molecule has 1 aromatic carbocycles. The Morgan fingerprint density at radius 2 is 2.08 bits per heavy atom. The van der Waals surface area contributed by atoms with Crippen LogP contribution in [-0.2, 0) is 20.9 Å². The summed E-state index contributed by atoms with van der Waals surface area (Å²) in [5, 5.41) is 14.9. The second-order valence-corrected chi connectivity index (χ2v) is 8.28. The minimum absolute atomic E-state index is 0.159. The molecule has 196 valence electrons. The van der Waals surface area contributed by atoms with Gasteiger partial charge in [-0.3, -0.25) is 29.5 Å². The van der Waals surface area contributed by atoms with Crippen molar-refractivity contribution in [3.05, 3.63) is 29.3 Å². The van der Waals surface area contributed by atoms with Gasteiger partial charge in [-0.15, -0.1) is 0 Å². The normalized spacial score (nSPS) is 14.1. The predicted molar refractivity (Wildman–Crippen MR) is 139 cm³/mol. The Morgan fingerprint density at radius 1 is 1.28 bits per heavy atom. The van der Waals surface area contributed by atoms with Crippen molar-refractivity contribution in [1.82, 2.24) is 20.9 Å². The molecule has 0 spiro atoms. The molecular weight excluding hydrogens is 464 g/mol. The lowest BCUT2D eigenvalue weighted by Crippen LogP contribution is -2.46. The summed E-state index contributed by atoms with van der Waals surface area (Å²) in [5.74, 6) is 4.31. The van der Waals surface area contributed by atoms with Crippen molar-refractivity contribution < 1.29 is 19.2 Å². The standard InChI is InChI=1S/C24H36N8O4/c1-3-6-21(23(35)29-16-33)32-15-19-18(24(32)36)7-4-8-20(19)30-22(34)9-5-10-27-11-12-28-14-17(31-25)13-26-2/h4,7-8,14,16,21,26-27H,3,5-6,9-13,15,25H2,1-2H3,(H,30,34)(H,29,33,35)/b28-14?,31-17-. The van der Waals surface area contributed by atoms with Gasteiger partial charge >= 0.3 is 0 Å². The zero-order valence-corrected chi connectivity index (χ0v) is 20.9. The fraction of sp³-hybridized carbons (Fsp3) is 0.500. The molecular formula is C24H36N8O4. The van der Waals surface area contributed by atoms with Crippen LogP contribution in [0.4, 0.5) is 5.69 Å². The highest BCUT2D eigenvalue weighted by molar-refractivity contribution is 6.31. The number of nitrogens with zero attached hydrogens (tertiary/aromatic N) is 3. The number of rotatable bonds is 16. The Hall–Kier alpha value is -3.64. The maximum absolute atomic E-state index is 13.0. The molecule has 12 heteroatoms. The monoisotopic (exact) mass is 500 g/mol. The molecule has 1 aliphatic rings. The number of nitrogens with one attached hydrogen (secondary N) is 4. The van der Waals surface area contributed by atoms with E-state index in [-0.39, 0.29) is 18.4 Å². The second-order valence-electron chi connectivity index (χ2n) is 8.28. The number of hydrogen-bond acceptors (Lipinski definition) is 9. The lowest BCUT2D eigenvalue weighted by Gasteiger charge is -2.25. The number of carbonyl (C=O) groups excluding carboxylic acids is 4. The summed E-state index contributed by atoms with van der Waals surface area (Å²) in [7, 11) is 1.80. The van der Waals surface area contributed by atoms with Gasteiger partial charge in [0.1, 0.15) is 6.04 Å². The Labute approximate surface area is 211 Å². The zero-order chi connectivity index (χ0) is 26.3. The molecule has 0 aliphatic carbocycles. The van der Waals surface area contributed by atoms with E-state index in [9.17, 15) is 19.2 Å². The Balaban J connectivity index is 1.84. The number of hydrogen-bond donors (Lipinski definition) is 5. The van der Waals surface area contributed by atoms with Gasteiger partial charge in [-0.25, -0.2) is 0 Å². The molecule has 1 aromatic rings. The van der Waals surface area contributed by atoms with E-state index < -0.39 is 11.9 Å². The van der Waals surface area contributed by atoms with Gasteiger partial charge in [0.05, 0.1) is 12.3 Å². The number of amides is 4. The van der Waals surface area contributed by atoms with E-state index >= 15 is 0 Å². The second kappa shape index (κ2) is 15.4. The maximum Gasteiger partial charge on any atom is 0.255 e. The number of aliphatic imine (C=N–C) groups is 1. The molecule has 0 fully saturated rings. The number of imide groups is 1. The molecule has 4 amide bonds. The van der Waals surface area contributed by atoms with Crippen LogP contribution in [0.2, 0.25) is 0 Å². The summed E-state index contributed by atoms with van der Waals surface area (Å²) >= 11 is 0. The van der Waals surface area contributed by atoms with E-state index in [0.29, 0.717) is 80.8 Å². The Bertz CT molecular complexity index is 979. The Kier molecular flexibility index (Phi) is 12.2. The van der Waals surface area contributed by atoms with Crippen LogP contribution >= 0.6 is 0 Å². The zero-order valence-electron chi connectivity index (χ0n) is 20.9. The van der Waals surface area contributed by atoms with Crippen molar-refractivity contribution in [1.29, 1.82) is 0 Å². The van der Waals surface area contributed by atoms with Gasteiger partial charge in [0.15, 0.2) is 0 Å². The van der Waals surface area contributed by atoms with E-state index in [1.807, 2.05) is 6.92 Å². The minimum atomic E-state index is -0.753. The van der Waals surface area contributed by atoms with Crippen LogP contribution in [0.1, 0.15) is 48.5 Å². The lowest BCUT2D eigenvalue weighted by atomic mass is 10.1. The van der Waals surface area contributed by atoms with Crippen molar-refractivity contribution >= 4 is 41.7 Å². The summed E-state index contributed by atoms with van der Waals surface area (Å²) in [6, 6.07) is 4.38. The molecule has 6 N–H and O–H groups in total. The number of anilines is 1. The molecule has 1 atom stereocenters. The first kappa shape index (κ1) is 28.6. The van der Waals surface area contributed by atoms with Gasteiger partial charge in [-0.2, -0.15) is 5.10 Å². The summed E-state index contributed by atoms with van der Waals surface area (Å²) in [6.07, 6.45) is 4.00. The number of benzene rings is 1. The third kappa shape index (κ3) is 8.24. The highest BCUT2D eigenvalue weighted by Crippen LogP contribution is 2.31. The highest BCUT2D eigenvalue weighted by atomic mass is 16.2. The van der Waals surface area contributed by atoms with Crippen molar-refractivity contribution in [3.63, 3.8) is 0 Å². The van der Waals surface area contributed by atoms with Crippen LogP contribution in [-0.4, -0.2) is 80.2 Å². The molecule has 2 rings (SSSR count). The predicted octanol–water partition coefficient (Wildman–Crippen LogP) is -0.00310. The first-order chi connectivity index (χ1) is 17.5. The molecule has 12 nitrogen and oxygen atoms in total. The Morgan fingerprint density at radius 3 is 2.78 bits per heavy atom. The molecule has 0 bridgehead atoms. The summed E-state index contributed by atoms with van der Waals surface area (Å²) < 4.78 is 0. The molecule has 36 heavy (non-hydrogen) atoms. The molecule has 1 aliphatic heterocycles. The minimum Gasteiger partial charge on any atom is -0.326 e. The van der Waals surface area contributed by atoms with Crippen LogP contribution in [0.15, 0.2) is 28.3 Å². The van der Waals surface area contributed by atoms with Gasteiger partial charge in [0.25, 0.3) is 5.91 Å². The number of nitrogens with two attached hydrogens (primary N) is 1. The topological polar surface area (TPSA) is 170 Å². The quantitative estimate of drug-likeness (QED) is 0.0699. The highest BCUT2D eigenvalue weighted by Gasteiger charge is 2.37. The van der Waals surface area contributed by atoms with Crippen molar-refractivity contribution in [2.45, 2.75) is 45.2 Å². The van der Waals surface area contributed by atoms with Gasteiger partial charge in [0.2, 0.25) is 18.2 Å². The van der Waals surface area contributed by atoms with Crippen molar-refractivity contribution in [3.8, 4) is 0 Å². The average molecular weight is 501 g/mol. The van der Waals surface area contributed by atoms with Crippen LogP contribution in [0.25, 0.3) is 0 Å². The number of fused-ring (bicyclic) bond motifs is 1. The van der Waals surface area contributed by atoms with E-state index in [1.165, 1.54) is 4.90 Å². The molecule has 0 radical (unpaired) electrons. The van der Waals surface area contributed by atoms with Gasteiger partial charge in [-0.1, -0.05) is 19.4 Å². The summed E-state index contributed by atoms with van der Waals surface area (Å²) in [5.41, 5.74) is 2.34. The van der Waals surface area contributed by atoms with Gasteiger partial charge in [0, 0.05) is 49.1 Å². The summed E-state index contributed by atoms with van der Waals surface area (Å²) in [6.45, 7) is 4.53. The molecule has 1 unspecified atom stereocenters. The third-order valence-electron chi connectivity index (χ3n) is 5.65. The van der Waals surface area contributed by atoms with E-state index in [2.05, 4.69) is 31.4 Å². The third-order valence-corrected chi connectivity index (χ3v) is 5.65. The van der Waals surface area contributed by atoms with Gasteiger partial charge < -0.3 is 26.7 Å². The molecule has 1 heterocycles. The van der Waals surface area contributed by atoms with E-state index in [1.54, 1.807) is 31.5 Å². The fourth-order valence-corrected chi connectivity index (χ4v) is 3.91. The van der Waals surface area contributed by atoms with Crippen LogP contribution < -0.4 is 27.1 Å². The van der Waals surface area contributed by atoms with Crippen molar-refractivity contribution in [2.24, 2.45) is 15.9 Å². The van der Waals surface area contributed by atoms with E-state index in [0.717, 1.165) is 0 Å². The van der Waals surface area contributed by atoms with Crippen LogP contribution in [0, 0.1) is 0 Å². The summed E-state index contributed by atoms with van der Waals surface area (Å²) in [4.78, 5) is 54.3. The lowest BCUT2D eigenvalue weighted by molar-refractivity contribution is -0.129. The van der Waals surface area contributed by atoms with Crippen LogP contribution in [0.3, 0.4) is 0 Å². The molecule has 0 aromatic heterocycles. The molecule has 0 saturated carbocycles. The molecule has 0 saturated heterocycles. The first-order valence-electron chi connectivity index (χ1n) is 12.0. The van der Waals surface area contributed by atoms with Crippen molar-refractivity contribution in [2.75, 3.05) is 38.5 Å². The largest absolute Gasteiger partial charge is 0.326 e. The van der Waals surface area contributed by atoms with E-state index in [4.69, 9.17) is 5.84 Å². The fourth-order valence-electron chi connectivity index (χ4n) is 3.91. The number of carbonyl (C=O) groups is 4.